The number of H-pyrrole nitrogens is 2. The van der Waals surface area contributed by atoms with Crippen LogP contribution in [0.25, 0.3) is 11.2 Å². The molecule has 0 spiro atoms. The van der Waals surface area contributed by atoms with E-state index in [-0.39, 0.29) is 15.9 Å². The molecule has 0 saturated carbocycles. The van der Waals surface area contributed by atoms with Gasteiger partial charge in [0.25, 0.3) is 0 Å². The first-order valence-electron chi connectivity index (χ1n) is 3.52. The number of nitrogens with one attached hydrogen (secondary N) is 2. The number of imidazole rings is 1. The predicted octanol–water partition coefficient (Wildman–Crippen LogP) is -4.07. The van der Waals surface area contributed by atoms with Gasteiger partial charge in [0.05, 0.1) is 6.33 Å². The van der Waals surface area contributed by atoms with E-state index in [0.717, 1.165) is 0 Å². The molecule has 2 N–H and O–H groups in total. The topological polar surface area (TPSA) is 139 Å². The molecule has 9 nitrogen and oxygen atoms in total. The Kier molecular flexibility index (Phi) is 2.19. The van der Waals surface area contributed by atoms with Gasteiger partial charge in [0.2, 0.25) is 0 Å². The normalized spacial score (nSPS) is 11.1. The number of halogens is 1. The molecule has 0 aliphatic heterocycles. The second kappa shape index (κ2) is 3.38. The molecule has 0 radical (unpaired) electrons. The highest BCUT2D eigenvalue weighted by Crippen LogP contribution is 1.94. The first kappa shape index (κ1) is 9.71. The Bertz CT molecular complexity index is 597. The number of aromatic amines is 2. The fraction of sp³-hybridized carbons (Fsp3) is 0. The lowest BCUT2D eigenvalue weighted by atomic mass is 10.5. The minimum absolute atomic E-state index is 0.0251. The Morgan fingerprint density at radius 3 is 2.87 bits per heavy atom. The van der Waals surface area contributed by atoms with E-state index in [1.807, 2.05) is 0 Å². The molecule has 2 aromatic rings. The SMILES string of the molecule is O=c1[nH]c2nc[nH]c2c(=O)n1O[Cl+2]([O-])[O-]. The summed E-state index contributed by atoms with van der Waals surface area (Å²) in [5, 5.41) is 0. The van der Waals surface area contributed by atoms with Crippen molar-refractivity contribution in [2.24, 2.45) is 0 Å². The average molecular weight is 235 g/mol. The summed E-state index contributed by atoms with van der Waals surface area (Å²) in [6.07, 6.45) is 1.18. The summed E-state index contributed by atoms with van der Waals surface area (Å²) < 4.78 is 24.3. The first-order chi connectivity index (χ1) is 7.09. The summed E-state index contributed by atoms with van der Waals surface area (Å²) in [6, 6.07) is 0. The summed E-state index contributed by atoms with van der Waals surface area (Å²) >= 11 is 0. The number of rotatable bonds is 2. The minimum atomic E-state index is -2.68. The highest BCUT2D eigenvalue weighted by Gasteiger charge is 2.18. The zero-order valence-electron chi connectivity index (χ0n) is 6.89. The van der Waals surface area contributed by atoms with Gasteiger partial charge in [-0.25, -0.2) is 9.78 Å². The van der Waals surface area contributed by atoms with Gasteiger partial charge in [-0.1, -0.05) is 0 Å². The smallest absolute Gasteiger partial charge is 0.339 e. The van der Waals surface area contributed by atoms with E-state index >= 15 is 0 Å². The van der Waals surface area contributed by atoms with Crippen LogP contribution in [0.4, 0.5) is 0 Å². The third-order valence-corrected chi connectivity index (χ3v) is 1.82. The number of hydrogen-bond acceptors (Lipinski definition) is 6. The third-order valence-electron chi connectivity index (χ3n) is 1.57. The Morgan fingerprint density at radius 2 is 2.20 bits per heavy atom. The Morgan fingerprint density at radius 1 is 1.47 bits per heavy atom. The van der Waals surface area contributed by atoms with Crippen LogP contribution in [0, 0.1) is 10.8 Å². The van der Waals surface area contributed by atoms with Crippen molar-refractivity contribution >= 4 is 11.2 Å². The van der Waals surface area contributed by atoms with Crippen LogP contribution in [0.5, 0.6) is 0 Å². The summed E-state index contributed by atoms with van der Waals surface area (Å²) in [4.78, 5) is 30.7. The van der Waals surface area contributed by atoms with Gasteiger partial charge in [-0.3, -0.25) is 9.78 Å². The van der Waals surface area contributed by atoms with Crippen LogP contribution in [0.1, 0.15) is 0 Å². The fourth-order valence-electron chi connectivity index (χ4n) is 1.02. The van der Waals surface area contributed by atoms with Gasteiger partial charge in [0, 0.05) is 9.12 Å². The first-order valence-corrected chi connectivity index (χ1v) is 4.45. The molecule has 80 valence electrons. The van der Waals surface area contributed by atoms with Gasteiger partial charge in [0.15, 0.2) is 11.2 Å². The molecule has 2 heterocycles. The van der Waals surface area contributed by atoms with Crippen LogP contribution in [0.2, 0.25) is 0 Å². The minimum Gasteiger partial charge on any atom is -0.339 e. The highest BCUT2D eigenvalue weighted by molar-refractivity contribution is 5.67. The molecule has 0 unspecified atom stereocenters. The molecule has 0 amide bonds. The van der Waals surface area contributed by atoms with E-state index in [1.54, 1.807) is 0 Å². The maximum atomic E-state index is 11.4. The second-order valence-corrected chi connectivity index (χ2v) is 2.93. The molecule has 15 heavy (non-hydrogen) atoms. The van der Waals surface area contributed by atoms with Gasteiger partial charge in [-0.2, -0.15) is 0 Å². The molecule has 0 atom stereocenters. The van der Waals surface area contributed by atoms with E-state index in [4.69, 9.17) is 0 Å². The van der Waals surface area contributed by atoms with Gasteiger partial charge in [0.1, 0.15) is 0 Å². The lowest BCUT2D eigenvalue weighted by Crippen LogP contribution is -2.49. The Balaban J connectivity index is 2.73. The lowest BCUT2D eigenvalue weighted by Gasteiger charge is -1.95. The maximum Gasteiger partial charge on any atom is 0.380 e. The van der Waals surface area contributed by atoms with Crippen molar-refractivity contribution in [2.45, 2.75) is 0 Å². The number of nitrogens with zero attached hydrogens (tertiary/aromatic N) is 2. The molecule has 10 heteroatoms. The van der Waals surface area contributed by atoms with Crippen LogP contribution in [-0.2, 0) is 0 Å². The quantitative estimate of drug-likeness (QED) is 0.542. The molecule has 0 bridgehead atoms. The van der Waals surface area contributed by atoms with E-state index in [1.165, 1.54) is 6.33 Å². The number of hydrogen-bond donors (Lipinski definition) is 2. The van der Waals surface area contributed by atoms with Crippen LogP contribution in [0.3, 0.4) is 0 Å². The zero-order chi connectivity index (χ0) is 11.0. The summed E-state index contributed by atoms with van der Waals surface area (Å²) in [5.74, 6) is 0. The Hall–Kier alpha value is -1.84. The Labute approximate surface area is 83.3 Å². The van der Waals surface area contributed by atoms with Crippen molar-refractivity contribution in [3.63, 3.8) is 0 Å². The van der Waals surface area contributed by atoms with E-state index in [0.29, 0.717) is 0 Å². The zero-order valence-corrected chi connectivity index (χ0v) is 7.65. The van der Waals surface area contributed by atoms with Crippen molar-refractivity contribution in [3.05, 3.63) is 27.2 Å². The molecule has 2 rings (SSSR count). The van der Waals surface area contributed by atoms with Crippen molar-refractivity contribution in [2.75, 3.05) is 0 Å². The molecule has 0 aromatic carbocycles. The maximum absolute atomic E-state index is 11.4. The number of fused-ring (bicyclic) bond motifs is 1. The van der Waals surface area contributed by atoms with E-state index < -0.39 is 22.0 Å². The standard InChI is InChI=1S/C5H3ClN4O5/c11-4-2-3(8-1-7-2)9-5(12)10(4)15-6(13)14/h1H,(H,7,8)(H,9,12). The fourth-order valence-corrected chi connectivity index (χ4v) is 1.25. The van der Waals surface area contributed by atoms with Crippen molar-refractivity contribution < 1.29 is 24.5 Å². The van der Waals surface area contributed by atoms with Crippen molar-refractivity contribution in [3.8, 4) is 0 Å². The van der Waals surface area contributed by atoms with Crippen LogP contribution in [-0.4, -0.2) is 19.7 Å². The predicted molar refractivity (Wildman–Crippen MR) is 37.6 cm³/mol. The monoisotopic (exact) mass is 234 g/mol. The van der Waals surface area contributed by atoms with Crippen LogP contribution in [0.15, 0.2) is 15.9 Å². The average Bonchev–Trinajstić information content (AvgIpc) is 2.59. The molecular formula is C5H3ClN4O5. The number of aromatic nitrogens is 4. The van der Waals surface area contributed by atoms with Gasteiger partial charge < -0.3 is 14.3 Å². The molecule has 0 aliphatic rings. The van der Waals surface area contributed by atoms with Crippen molar-refractivity contribution in [1.29, 1.82) is 0 Å². The van der Waals surface area contributed by atoms with Gasteiger partial charge in [-0.15, -0.1) is 0 Å². The largest absolute Gasteiger partial charge is 0.380 e. The lowest BCUT2D eigenvalue weighted by molar-refractivity contribution is -1.63. The molecular weight excluding hydrogens is 232 g/mol. The van der Waals surface area contributed by atoms with Gasteiger partial charge in [-0.05, 0) is 0 Å². The summed E-state index contributed by atoms with van der Waals surface area (Å²) in [6.45, 7) is 0. The van der Waals surface area contributed by atoms with E-state index in [2.05, 4.69) is 19.3 Å². The molecule has 0 saturated heterocycles. The molecule has 2 aromatic heterocycles. The molecule has 0 fully saturated rings. The van der Waals surface area contributed by atoms with Crippen molar-refractivity contribution in [1.82, 2.24) is 19.7 Å². The van der Waals surface area contributed by atoms with Gasteiger partial charge >= 0.3 is 22.0 Å². The van der Waals surface area contributed by atoms with E-state index in [9.17, 15) is 18.9 Å². The molecule has 0 aliphatic carbocycles. The third kappa shape index (κ3) is 1.58. The summed E-state index contributed by atoms with van der Waals surface area (Å²) in [5.41, 5.74) is -2.01. The van der Waals surface area contributed by atoms with Crippen LogP contribution < -0.4 is 25.0 Å². The van der Waals surface area contributed by atoms with Crippen LogP contribution >= 0.6 is 0 Å². The second-order valence-electron chi connectivity index (χ2n) is 2.41. The highest BCUT2D eigenvalue weighted by atomic mass is 35.6. The summed E-state index contributed by atoms with van der Waals surface area (Å²) in [7, 11) is -2.68.